The van der Waals surface area contributed by atoms with Crippen molar-refractivity contribution < 1.29 is 9.53 Å². The Kier molecular flexibility index (Phi) is 6.01. The zero-order chi connectivity index (χ0) is 14.4. The average Bonchev–Trinajstić information content (AvgIpc) is 2.48. The van der Waals surface area contributed by atoms with Gasteiger partial charge in [-0.3, -0.25) is 4.79 Å². The summed E-state index contributed by atoms with van der Waals surface area (Å²) in [6.45, 7) is 5.56. The normalized spacial score (nSPS) is 17.0. The van der Waals surface area contributed by atoms with E-state index in [-0.39, 0.29) is 11.9 Å². The van der Waals surface area contributed by atoms with Crippen LogP contribution in [0.5, 0.6) is 0 Å². The third kappa shape index (κ3) is 4.30. The number of carbonyl (C=O) groups is 1. The molecule has 0 bridgehead atoms. The fourth-order valence-electron chi connectivity index (χ4n) is 2.30. The standard InChI is InChI=1S/C15H21BrN2O2/c1-12(13-4-2-3-5-14(13)16)17-7-6-15(19)18-8-10-20-11-9-18/h2-5,12,17H,6-11H2,1H3. The van der Waals surface area contributed by atoms with Gasteiger partial charge in [0.1, 0.15) is 0 Å². The first-order valence-corrected chi connectivity index (χ1v) is 7.81. The van der Waals surface area contributed by atoms with E-state index < -0.39 is 0 Å². The molecule has 20 heavy (non-hydrogen) atoms. The third-order valence-corrected chi connectivity index (χ3v) is 4.25. The van der Waals surface area contributed by atoms with Crippen molar-refractivity contribution in [2.24, 2.45) is 0 Å². The second-order valence-corrected chi connectivity index (χ2v) is 5.79. The van der Waals surface area contributed by atoms with Crippen molar-refractivity contribution in [3.8, 4) is 0 Å². The molecule has 1 aromatic carbocycles. The monoisotopic (exact) mass is 340 g/mol. The summed E-state index contributed by atoms with van der Waals surface area (Å²) >= 11 is 3.55. The number of halogens is 1. The quantitative estimate of drug-likeness (QED) is 0.894. The van der Waals surface area contributed by atoms with Crippen LogP contribution in [0, 0.1) is 0 Å². The molecule has 1 fully saturated rings. The molecule has 1 aromatic rings. The van der Waals surface area contributed by atoms with Crippen LogP contribution in [0.4, 0.5) is 0 Å². The Balaban J connectivity index is 1.75. The van der Waals surface area contributed by atoms with Crippen LogP contribution in [-0.4, -0.2) is 43.7 Å². The molecule has 1 saturated heterocycles. The van der Waals surface area contributed by atoms with Gasteiger partial charge in [-0.15, -0.1) is 0 Å². The summed E-state index contributed by atoms with van der Waals surface area (Å²) in [5.41, 5.74) is 1.21. The maximum absolute atomic E-state index is 12.0. The summed E-state index contributed by atoms with van der Waals surface area (Å²) in [7, 11) is 0. The summed E-state index contributed by atoms with van der Waals surface area (Å²) in [6.07, 6.45) is 0.537. The number of morpholine rings is 1. The van der Waals surface area contributed by atoms with Crippen LogP contribution < -0.4 is 5.32 Å². The van der Waals surface area contributed by atoms with Crippen molar-refractivity contribution >= 4 is 21.8 Å². The Morgan fingerprint density at radius 3 is 2.80 bits per heavy atom. The lowest BCUT2D eigenvalue weighted by molar-refractivity contribution is -0.135. The minimum absolute atomic E-state index is 0.208. The molecule has 0 aliphatic carbocycles. The van der Waals surface area contributed by atoms with Gasteiger partial charge in [0.05, 0.1) is 13.2 Å². The first kappa shape index (κ1) is 15.5. The molecule has 0 spiro atoms. The molecule has 0 aromatic heterocycles. The Morgan fingerprint density at radius 2 is 2.10 bits per heavy atom. The highest BCUT2D eigenvalue weighted by Crippen LogP contribution is 2.22. The van der Waals surface area contributed by atoms with Crippen LogP contribution in [0.15, 0.2) is 28.7 Å². The summed E-state index contributed by atoms with van der Waals surface area (Å²) in [4.78, 5) is 13.9. The minimum atomic E-state index is 0.208. The fraction of sp³-hybridized carbons (Fsp3) is 0.533. The molecule has 0 radical (unpaired) electrons. The van der Waals surface area contributed by atoms with E-state index in [1.807, 2.05) is 23.1 Å². The van der Waals surface area contributed by atoms with Crippen LogP contribution in [0.1, 0.15) is 24.9 Å². The maximum atomic E-state index is 12.0. The van der Waals surface area contributed by atoms with E-state index in [1.165, 1.54) is 5.56 Å². The molecule has 1 heterocycles. The third-order valence-electron chi connectivity index (χ3n) is 3.52. The van der Waals surface area contributed by atoms with Gasteiger partial charge in [-0.1, -0.05) is 34.1 Å². The molecule has 110 valence electrons. The van der Waals surface area contributed by atoms with E-state index in [9.17, 15) is 4.79 Å². The first-order chi connectivity index (χ1) is 9.68. The molecule has 5 heteroatoms. The second kappa shape index (κ2) is 7.76. The number of hydrogen-bond donors (Lipinski definition) is 1. The number of benzene rings is 1. The largest absolute Gasteiger partial charge is 0.378 e. The smallest absolute Gasteiger partial charge is 0.224 e. The lowest BCUT2D eigenvalue weighted by Crippen LogP contribution is -2.41. The van der Waals surface area contributed by atoms with Gasteiger partial charge in [0.25, 0.3) is 0 Å². The van der Waals surface area contributed by atoms with Gasteiger partial charge in [-0.05, 0) is 18.6 Å². The number of ether oxygens (including phenoxy) is 1. The number of nitrogens with one attached hydrogen (secondary N) is 1. The van der Waals surface area contributed by atoms with E-state index >= 15 is 0 Å². The number of nitrogens with zero attached hydrogens (tertiary/aromatic N) is 1. The van der Waals surface area contributed by atoms with Crippen molar-refractivity contribution in [1.82, 2.24) is 10.2 Å². The lowest BCUT2D eigenvalue weighted by atomic mass is 10.1. The van der Waals surface area contributed by atoms with E-state index in [2.05, 4.69) is 34.2 Å². The highest BCUT2D eigenvalue weighted by Gasteiger charge is 2.16. The number of carbonyl (C=O) groups excluding carboxylic acids is 1. The minimum Gasteiger partial charge on any atom is -0.378 e. The van der Waals surface area contributed by atoms with Crippen molar-refractivity contribution in [3.05, 3.63) is 34.3 Å². The number of rotatable bonds is 5. The average molecular weight is 341 g/mol. The van der Waals surface area contributed by atoms with Crippen LogP contribution in [0.3, 0.4) is 0 Å². The number of amides is 1. The van der Waals surface area contributed by atoms with E-state index in [1.54, 1.807) is 0 Å². The molecule has 2 rings (SSSR count). The Morgan fingerprint density at radius 1 is 1.40 bits per heavy atom. The Hall–Kier alpha value is -0.910. The predicted molar refractivity (Wildman–Crippen MR) is 82.6 cm³/mol. The second-order valence-electron chi connectivity index (χ2n) is 4.94. The highest BCUT2D eigenvalue weighted by molar-refractivity contribution is 9.10. The fourth-order valence-corrected chi connectivity index (χ4v) is 2.93. The lowest BCUT2D eigenvalue weighted by Gasteiger charge is -2.27. The van der Waals surface area contributed by atoms with Gasteiger partial charge in [0.2, 0.25) is 5.91 Å². The topological polar surface area (TPSA) is 41.6 Å². The van der Waals surface area contributed by atoms with Gasteiger partial charge < -0.3 is 15.0 Å². The molecule has 1 N–H and O–H groups in total. The van der Waals surface area contributed by atoms with Crippen LogP contribution >= 0.6 is 15.9 Å². The van der Waals surface area contributed by atoms with Crippen molar-refractivity contribution in [2.75, 3.05) is 32.8 Å². The van der Waals surface area contributed by atoms with Gasteiger partial charge in [0.15, 0.2) is 0 Å². The van der Waals surface area contributed by atoms with Crippen molar-refractivity contribution in [1.29, 1.82) is 0 Å². The maximum Gasteiger partial charge on any atom is 0.224 e. The van der Waals surface area contributed by atoms with Crippen LogP contribution in [0.25, 0.3) is 0 Å². The molecule has 0 saturated carbocycles. The molecular weight excluding hydrogens is 320 g/mol. The predicted octanol–water partition coefficient (Wildman–Crippen LogP) is 2.35. The molecule has 1 atom stereocenters. The molecule has 1 amide bonds. The SMILES string of the molecule is CC(NCCC(=O)N1CCOCC1)c1ccccc1Br. The Labute approximate surface area is 128 Å². The molecule has 1 unspecified atom stereocenters. The van der Waals surface area contributed by atoms with Crippen molar-refractivity contribution in [3.63, 3.8) is 0 Å². The van der Waals surface area contributed by atoms with Gasteiger partial charge in [0, 0.05) is 36.6 Å². The number of hydrogen-bond acceptors (Lipinski definition) is 3. The Bertz CT molecular complexity index is 447. The molecule has 1 aliphatic rings. The molecule has 1 aliphatic heterocycles. The van der Waals surface area contributed by atoms with Crippen LogP contribution in [0.2, 0.25) is 0 Å². The van der Waals surface area contributed by atoms with Gasteiger partial charge >= 0.3 is 0 Å². The van der Waals surface area contributed by atoms with Gasteiger partial charge in [-0.25, -0.2) is 0 Å². The summed E-state index contributed by atoms with van der Waals surface area (Å²) in [5, 5.41) is 3.40. The van der Waals surface area contributed by atoms with Crippen LogP contribution in [-0.2, 0) is 9.53 Å². The summed E-state index contributed by atoms with van der Waals surface area (Å²) in [5.74, 6) is 0.208. The zero-order valence-electron chi connectivity index (χ0n) is 11.8. The summed E-state index contributed by atoms with van der Waals surface area (Å²) in [6, 6.07) is 8.38. The molecule has 4 nitrogen and oxygen atoms in total. The molecular formula is C15H21BrN2O2. The zero-order valence-corrected chi connectivity index (χ0v) is 13.4. The van der Waals surface area contributed by atoms with E-state index in [4.69, 9.17) is 4.74 Å². The van der Waals surface area contributed by atoms with Crippen molar-refractivity contribution in [2.45, 2.75) is 19.4 Å². The highest BCUT2D eigenvalue weighted by atomic mass is 79.9. The van der Waals surface area contributed by atoms with Gasteiger partial charge in [-0.2, -0.15) is 0 Å². The van der Waals surface area contributed by atoms with E-state index in [0.717, 1.165) is 17.6 Å². The first-order valence-electron chi connectivity index (χ1n) is 7.02. The van der Waals surface area contributed by atoms with E-state index in [0.29, 0.717) is 26.2 Å². The summed E-state index contributed by atoms with van der Waals surface area (Å²) < 4.78 is 6.35.